The maximum atomic E-state index is 4.50. The summed E-state index contributed by atoms with van der Waals surface area (Å²) in [5.41, 5.74) is 5.08. The van der Waals surface area contributed by atoms with Crippen LogP contribution in [0.5, 0.6) is 0 Å². The number of aliphatic imine (C=N–C) groups is 1. The molecule has 2 N–H and O–H groups in total. The van der Waals surface area contributed by atoms with Crippen LogP contribution < -0.4 is 10.6 Å². The van der Waals surface area contributed by atoms with Crippen molar-refractivity contribution in [3.8, 4) is 0 Å². The van der Waals surface area contributed by atoms with Crippen molar-refractivity contribution in [2.45, 2.75) is 45.7 Å². The van der Waals surface area contributed by atoms with Crippen LogP contribution in [0.15, 0.2) is 35.3 Å². The molecular formula is C22H34N6. The van der Waals surface area contributed by atoms with Crippen molar-refractivity contribution >= 4 is 5.96 Å². The third kappa shape index (κ3) is 5.13. The van der Waals surface area contributed by atoms with Gasteiger partial charge in [-0.15, -0.1) is 0 Å². The van der Waals surface area contributed by atoms with Crippen LogP contribution in [0.25, 0.3) is 0 Å². The van der Waals surface area contributed by atoms with Gasteiger partial charge in [-0.05, 0) is 50.8 Å². The molecule has 1 fully saturated rings. The Labute approximate surface area is 169 Å². The minimum Gasteiger partial charge on any atom is -0.356 e. The largest absolute Gasteiger partial charge is 0.356 e. The van der Waals surface area contributed by atoms with Gasteiger partial charge in [-0.25, -0.2) is 0 Å². The van der Waals surface area contributed by atoms with Crippen LogP contribution in [0.1, 0.15) is 35.4 Å². The molecule has 28 heavy (non-hydrogen) atoms. The minimum atomic E-state index is 0.557. The van der Waals surface area contributed by atoms with E-state index in [1.165, 1.54) is 36.2 Å². The second-order valence-corrected chi connectivity index (χ2v) is 7.65. The number of aryl methyl sites for hydroxylation is 2. The van der Waals surface area contributed by atoms with E-state index in [-0.39, 0.29) is 0 Å². The van der Waals surface area contributed by atoms with Crippen LogP contribution in [0.4, 0.5) is 0 Å². The monoisotopic (exact) mass is 382 g/mol. The summed E-state index contributed by atoms with van der Waals surface area (Å²) in [6.07, 6.45) is 3.46. The standard InChI is InChI=1S/C22H34N6/c1-17-21(18(2)27(4)26-17)12-13-24-22(23-3)25-15-20-11-8-14-28(20)16-19-9-6-5-7-10-19/h5-7,9-10,20H,8,11-16H2,1-4H3,(H2,23,24,25). The molecule has 2 heterocycles. The molecule has 0 aliphatic carbocycles. The molecule has 6 heteroatoms. The van der Waals surface area contributed by atoms with Crippen molar-refractivity contribution < 1.29 is 0 Å². The van der Waals surface area contributed by atoms with Gasteiger partial charge in [-0.2, -0.15) is 5.10 Å². The van der Waals surface area contributed by atoms with E-state index in [9.17, 15) is 0 Å². The normalized spacial score (nSPS) is 17.9. The fraction of sp³-hybridized carbons (Fsp3) is 0.545. The Bertz CT molecular complexity index is 780. The first-order chi connectivity index (χ1) is 13.6. The number of hydrogen-bond donors (Lipinski definition) is 2. The molecule has 1 saturated heterocycles. The van der Waals surface area contributed by atoms with Gasteiger partial charge in [0.05, 0.1) is 5.69 Å². The van der Waals surface area contributed by atoms with Gasteiger partial charge >= 0.3 is 0 Å². The zero-order valence-corrected chi connectivity index (χ0v) is 17.7. The highest BCUT2D eigenvalue weighted by Gasteiger charge is 2.24. The van der Waals surface area contributed by atoms with Gasteiger partial charge in [0.2, 0.25) is 0 Å². The molecule has 3 rings (SSSR count). The number of nitrogens with zero attached hydrogens (tertiary/aromatic N) is 4. The van der Waals surface area contributed by atoms with Crippen molar-refractivity contribution in [2.24, 2.45) is 12.0 Å². The van der Waals surface area contributed by atoms with E-state index in [0.717, 1.165) is 37.7 Å². The summed E-state index contributed by atoms with van der Waals surface area (Å²) in [6, 6.07) is 11.3. The Morgan fingerprint density at radius 2 is 2.00 bits per heavy atom. The van der Waals surface area contributed by atoms with Crippen LogP contribution in [0.2, 0.25) is 0 Å². The highest BCUT2D eigenvalue weighted by Crippen LogP contribution is 2.19. The molecule has 0 bridgehead atoms. The van der Waals surface area contributed by atoms with Crippen LogP contribution in [-0.4, -0.2) is 53.4 Å². The molecular weight excluding hydrogens is 348 g/mol. The van der Waals surface area contributed by atoms with Gasteiger partial charge in [0.1, 0.15) is 0 Å². The van der Waals surface area contributed by atoms with E-state index in [1.807, 2.05) is 18.8 Å². The Kier molecular flexibility index (Phi) is 7.09. The second-order valence-electron chi connectivity index (χ2n) is 7.65. The van der Waals surface area contributed by atoms with Crippen LogP contribution >= 0.6 is 0 Å². The van der Waals surface area contributed by atoms with Gasteiger partial charge in [0.15, 0.2) is 5.96 Å². The van der Waals surface area contributed by atoms with Gasteiger partial charge in [0, 0.05) is 45.5 Å². The number of benzene rings is 1. The molecule has 0 spiro atoms. The van der Waals surface area contributed by atoms with Crippen molar-refractivity contribution in [3.63, 3.8) is 0 Å². The topological polar surface area (TPSA) is 57.5 Å². The lowest BCUT2D eigenvalue weighted by molar-refractivity contribution is 0.245. The summed E-state index contributed by atoms with van der Waals surface area (Å²) in [4.78, 5) is 6.98. The number of guanidine groups is 1. The second kappa shape index (κ2) is 9.73. The lowest BCUT2D eigenvalue weighted by atomic mass is 10.1. The predicted octanol–water partition coefficient (Wildman–Crippen LogP) is 2.41. The predicted molar refractivity (Wildman–Crippen MR) is 116 cm³/mol. The zero-order valence-electron chi connectivity index (χ0n) is 17.7. The molecule has 1 aliphatic rings. The van der Waals surface area contributed by atoms with E-state index in [0.29, 0.717) is 6.04 Å². The molecule has 1 unspecified atom stereocenters. The first-order valence-corrected chi connectivity index (χ1v) is 10.3. The molecule has 1 atom stereocenters. The Balaban J connectivity index is 1.45. The van der Waals surface area contributed by atoms with Crippen LogP contribution in [-0.2, 0) is 20.0 Å². The number of hydrogen-bond acceptors (Lipinski definition) is 3. The van der Waals surface area contributed by atoms with Crippen molar-refractivity contribution in [1.29, 1.82) is 0 Å². The Hall–Kier alpha value is -2.34. The quantitative estimate of drug-likeness (QED) is 0.570. The van der Waals surface area contributed by atoms with E-state index >= 15 is 0 Å². The zero-order chi connectivity index (χ0) is 19.9. The molecule has 2 aromatic rings. The molecule has 0 radical (unpaired) electrons. The first-order valence-electron chi connectivity index (χ1n) is 10.3. The summed E-state index contributed by atoms with van der Waals surface area (Å²) < 4.78 is 1.96. The first kappa shape index (κ1) is 20.4. The molecule has 0 saturated carbocycles. The van der Waals surface area contributed by atoms with Crippen LogP contribution in [0.3, 0.4) is 0 Å². The van der Waals surface area contributed by atoms with Crippen molar-refractivity contribution in [2.75, 3.05) is 26.7 Å². The highest BCUT2D eigenvalue weighted by atomic mass is 15.3. The highest BCUT2D eigenvalue weighted by molar-refractivity contribution is 5.79. The van der Waals surface area contributed by atoms with Crippen molar-refractivity contribution in [1.82, 2.24) is 25.3 Å². The Morgan fingerprint density at radius 1 is 1.21 bits per heavy atom. The minimum absolute atomic E-state index is 0.557. The molecule has 0 amide bonds. The van der Waals surface area contributed by atoms with E-state index in [1.54, 1.807) is 0 Å². The van der Waals surface area contributed by atoms with Crippen LogP contribution in [0, 0.1) is 13.8 Å². The summed E-state index contributed by atoms with van der Waals surface area (Å²) in [5, 5.41) is 11.5. The van der Waals surface area contributed by atoms with Gasteiger partial charge in [-0.3, -0.25) is 14.6 Å². The van der Waals surface area contributed by atoms with E-state index < -0.39 is 0 Å². The van der Waals surface area contributed by atoms with E-state index in [4.69, 9.17) is 0 Å². The van der Waals surface area contributed by atoms with Crippen molar-refractivity contribution in [3.05, 3.63) is 52.8 Å². The summed E-state index contributed by atoms with van der Waals surface area (Å²) in [7, 11) is 3.84. The maximum absolute atomic E-state index is 4.50. The Morgan fingerprint density at radius 3 is 2.68 bits per heavy atom. The average Bonchev–Trinajstić information content (AvgIpc) is 3.23. The molecule has 1 aromatic carbocycles. The number of likely N-dealkylation sites (tertiary alicyclic amines) is 1. The van der Waals surface area contributed by atoms with E-state index in [2.05, 4.69) is 69.8 Å². The fourth-order valence-electron chi connectivity index (χ4n) is 4.07. The lowest BCUT2D eigenvalue weighted by Gasteiger charge is -2.25. The fourth-order valence-corrected chi connectivity index (χ4v) is 4.07. The third-order valence-corrected chi connectivity index (χ3v) is 5.78. The molecule has 152 valence electrons. The average molecular weight is 383 g/mol. The SMILES string of the molecule is CN=C(NCCc1c(C)nn(C)c1C)NCC1CCCN1Cc1ccccc1. The smallest absolute Gasteiger partial charge is 0.191 e. The van der Waals surface area contributed by atoms with Gasteiger partial charge in [-0.1, -0.05) is 30.3 Å². The number of rotatable bonds is 7. The van der Waals surface area contributed by atoms with Gasteiger partial charge < -0.3 is 10.6 Å². The summed E-state index contributed by atoms with van der Waals surface area (Å²) >= 11 is 0. The molecule has 1 aliphatic heterocycles. The number of nitrogens with one attached hydrogen (secondary N) is 2. The maximum Gasteiger partial charge on any atom is 0.191 e. The summed E-state index contributed by atoms with van der Waals surface area (Å²) in [6.45, 7) is 8.19. The number of aromatic nitrogens is 2. The summed E-state index contributed by atoms with van der Waals surface area (Å²) in [5.74, 6) is 0.880. The lowest BCUT2D eigenvalue weighted by Crippen LogP contribution is -2.45. The van der Waals surface area contributed by atoms with Gasteiger partial charge in [0.25, 0.3) is 0 Å². The third-order valence-electron chi connectivity index (χ3n) is 5.78. The molecule has 1 aromatic heterocycles. The molecule has 6 nitrogen and oxygen atoms in total.